The molecule has 2 N–H and O–H groups in total. The fraction of sp³-hybridized carbons (Fsp3) is 0.375. The molecule has 0 spiro atoms. The van der Waals surface area contributed by atoms with Gasteiger partial charge in [0.1, 0.15) is 12.6 Å². The largest absolute Gasteiger partial charge is 0.481 e. The number of likely N-dealkylation sites (tertiary alicyclic amines) is 1. The number of carbonyl (C=O) groups is 3. The summed E-state index contributed by atoms with van der Waals surface area (Å²) in [6.45, 7) is 2.72. The minimum Gasteiger partial charge on any atom is -0.481 e. The average Bonchev–Trinajstić information content (AvgIpc) is 3.34. The molecule has 31 heavy (non-hydrogen) atoms. The molecule has 2 atom stereocenters. The monoisotopic (exact) mass is 422 g/mol. The molecule has 4 rings (SSSR count). The smallest absolute Gasteiger partial charge is 0.407 e. The maximum Gasteiger partial charge on any atom is 0.407 e. The molecular formula is C24H26N2O5. The fourth-order valence-electron chi connectivity index (χ4n) is 4.60. The fourth-order valence-corrected chi connectivity index (χ4v) is 4.60. The zero-order chi connectivity index (χ0) is 22.0. The lowest BCUT2D eigenvalue weighted by atomic mass is 9.98. The SMILES string of the molecule is C[C@H](NC(=O)OCC1c2ccccc2-c2ccccc21)C(=O)N1CCC(CC(=O)O)C1. The molecule has 1 unspecified atom stereocenters. The number of hydrogen-bond donors (Lipinski definition) is 2. The number of alkyl carbamates (subject to hydrolysis) is 1. The van der Waals surface area contributed by atoms with Crippen molar-refractivity contribution in [2.45, 2.75) is 31.7 Å². The first-order chi connectivity index (χ1) is 14.9. The minimum atomic E-state index is -0.857. The first-order valence-corrected chi connectivity index (χ1v) is 10.6. The zero-order valence-electron chi connectivity index (χ0n) is 17.4. The van der Waals surface area contributed by atoms with Gasteiger partial charge in [-0.25, -0.2) is 4.79 Å². The van der Waals surface area contributed by atoms with Gasteiger partial charge < -0.3 is 20.1 Å². The van der Waals surface area contributed by atoms with E-state index in [0.29, 0.717) is 19.5 Å². The number of ether oxygens (including phenoxy) is 1. The molecule has 7 heteroatoms. The highest BCUT2D eigenvalue weighted by Gasteiger charge is 2.32. The Morgan fingerprint density at radius 2 is 1.71 bits per heavy atom. The van der Waals surface area contributed by atoms with E-state index < -0.39 is 18.1 Å². The molecule has 2 amide bonds. The van der Waals surface area contributed by atoms with E-state index in [1.54, 1.807) is 11.8 Å². The van der Waals surface area contributed by atoms with E-state index in [0.717, 1.165) is 22.3 Å². The minimum absolute atomic E-state index is 0.0388. The molecule has 7 nitrogen and oxygen atoms in total. The number of rotatable bonds is 6. The van der Waals surface area contributed by atoms with Crippen molar-refractivity contribution in [1.29, 1.82) is 0 Å². The van der Waals surface area contributed by atoms with E-state index in [1.807, 2.05) is 36.4 Å². The van der Waals surface area contributed by atoms with E-state index in [9.17, 15) is 14.4 Å². The van der Waals surface area contributed by atoms with Gasteiger partial charge in [0.15, 0.2) is 0 Å². The maximum absolute atomic E-state index is 12.6. The second kappa shape index (κ2) is 8.79. The van der Waals surface area contributed by atoms with Gasteiger partial charge in [-0.15, -0.1) is 0 Å². The van der Waals surface area contributed by atoms with Gasteiger partial charge in [0.05, 0.1) is 0 Å². The van der Waals surface area contributed by atoms with Crippen LogP contribution in [0.2, 0.25) is 0 Å². The highest BCUT2D eigenvalue weighted by Crippen LogP contribution is 2.44. The van der Waals surface area contributed by atoms with Crippen LogP contribution in [-0.4, -0.2) is 53.7 Å². The summed E-state index contributed by atoms with van der Waals surface area (Å²) >= 11 is 0. The van der Waals surface area contributed by atoms with Gasteiger partial charge in [0, 0.05) is 25.4 Å². The van der Waals surface area contributed by atoms with Crippen molar-refractivity contribution in [3.63, 3.8) is 0 Å². The van der Waals surface area contributed by atoms with E-state index in [1.165, 1.54) is 0 Å². The van der Waals surface area contributed by atoms with Crippen molar-refractivity contribution < 1.29 is 24.2 Å². The van der Waals surface area contributed by atoms with Gasteiger partial charge >= 0.3 is 12.1 Å². The standard InChI is InChI=1S/C24H26N2O5/c1-15(23(29)26-11-10-16(13-26)12-22(27)28)25-24(30)31-14-21-19-8-4-2-6-17(19)18-7-3-5-9-20(18)21/h2-9,15-16,21H,10-14H2,1H3,(H,25,30)(H,27,28)/t15-,16?/m0/s1. The van der Waals surface area contributed by atoms with Crippen LogP contribution in [0.15, 0.2) is 48.5 Å². The van der Waals surface area contributed by atoms with Gasteiger partial charge in [0.2, 0.25) is 5.91 Å². The highest BCUT2D eigenvalue weighted by molar-refractivity contribution is 5.85. The molecule has 0 radical (unpaired) electrons. The summed E-state index contributed by atoms with van der Waals surface area (Å²) in [6.07, 6.45) is 0.0808. The van der Waals surface area contributed by atoms with Gasteiger partial charge in [-0.1, -0.05) is 48.5 Å². The van der Waals surface area contributed by atoms with E-state index >= 15 is 0 Å². The summed E-state index contributed by atoms with van der Waals surface area (Å²) in [7, 11) is 0. The van der Waals surface area contributed by atoms with Crippen molar-refractivity contribution >= 4 is 18.0 Å². The topological polar surface area (TPSA) is 95.9 Å². The maximum atomic E-state index is 12.6. The molecule has 1 fully saturated rings. The molecule has 1 aliphatic carbocycles. The summed E-state index contributed by atoms with van der Waals surface area (Å²) < 4.78 is 5.50. The van der Waals surface area contributed by atoms with Gasteiger partial charge in [-0.3, -0.25) is 9.59 Å². The first-order valence-electron chi connectivity index (χ1n) is 10.6. The number of aliphatic carboxylic acids is 1. The Hall–Kier alpha value is -3.35. The third-order valence-electron chi connectivity index (χ3n) is 6.11. The first kappa shape index (κ1) is 20.9. The van der Waals surface area contributed by atoms with Gasteiger partial charge in [-0.2, -0.15) is 0 Å². The Kier molecular flexibility index (Phi) is 5.93. The van der Waals surface area contributed by atoms with Crippen molar-refractivity contribution in [3.05, 3.63) is 59.7 Å². The molecule has 1 aliphatic heterocycles. The van der Waals surface area contributed by atoms with Crippen LogP contribution in [0.4, 0.5) is 4.79 Å². The second-order valence-corrected chi connectivity index (χ2v) is 8.23. The number of benzene rings is 2. The molecule has 1 heterocycles. The lowest BCUT2D eigenvalue weighted by Gasteiger charge is -2.22. The summed E-state index contributed by atoms with van der Waals surface area (Å²) in [6, 6.07) is 15.5. The molecule has 162 valence electrons. The molecule has 2 aliphatic rings. The van der Waals surface area contributed by atoms with Crippen LogP contribution in [0.5, 0.6) is 0 Å². The molecule has 0 saturated carbocycles. The number of carboxylic acids is 1. The summed E-state index contributed by atoms with van der Waals surface area (Å²) in [4.78, 5) is 37.5. The quantitative estimate of drug-likeness (QED) is 0.745. The Morgan fingerprint density at radius 3 is 2.32 bits per heavy atom. The lowest BCUT2D eigenvalue weighted by molar-refractivity contribution is -0.138. The predicted molar refractivity (Wildman–Crippen MR) is 115 cm³/mol. The Balaban J connectivity index is 1.33. The van der Waals surface area contributed by atoms with Crippen molar-refractivity contribution in [2.24, 2.45) is 5.92 Å². The molecule has 0 aromatic heterocycles. The Bertz CT molecular complexity index is 959. The third-order valence-corrected chi connectivity index (χ3v) is 6.11. The predicted octanol–water partition coefficient (Wildman–Crippen LogP) is 3.24. The van der Waals surface area contributed by atoms with Gasteiger partial charge in [-0.05, 0) is 41.5 Å². The number of nitrogens with one attached hydrogen (secondary N) is 1. The van der Waals surface area contributed by atoms with Gasteiger partial charge in [0.25, 0.3) is 0 Å². The summed E-state index contributed by atoms with van der Waals surface area (Å²) in [5.41, 5.74) is 4.56. The summed E-state index contributed by atoms with van der Waals surface area (Å²) in [5.74, 6) is -1.16. The van der Waals surface area contributed by atoms with Crippen LogP contribution in [-0.2, 0) is 14.3 Å². The van der Waals surface area contributed by atoms with Crippen molar-refractivity contribution in [2.75, 3.05) is 19.7 Å². The van der Waals surface area contributed by atoms with E-state index in [-0.39, 0.29) is 30.8 Å². The molecule has 1 saturated heterocycles. The van der Waals surface area contributed by atoms with Crippen LogP contribution in [0.25, 0.3) is 11.1 Å². The number of fused-ring (bicyclic) bond motifs is 3. The van der Waals surface area contributed by atoms with Crippen LogP contribution in [0, 0.1) is 5.92 Å². The number of amides is 2. The number of carboxylic acid groups (broad SMARTS) is 1. The number of nitrogens with zero attached hydrogens (tertiary/aromatic N) is 1. The highest BCUT2D eigenvalue weighted by atomic mass is 16.5. The molecule has 2 aromatic carbocycles. The van der Waals surface area contributed by atoms with E-state index in [2.05, 4.69) is 17.4 Å². The van der Waals surface area contributed by atoms with Crippen molar-refractivity contribution in [3.8, 4) is 11.1 Å². The third kappa shape index (κ3) is 4.40. The Labute approximate surface area is 181 Å². The normalized spacial score (nSPS) is 18.2. The van der Waals surface area contributed by atoms with E-state index in [4.69, 9.17) is 9.84 Å². The van der Waals surface area contributed by atoms with Crippen LogP contribution >= 0.6 is 0 Å². The average molecular weight is 422 g/mol. The molecular weight excluding hydrogens is 396 g/mol. The molecule has 2 aromatic rings. The van der Waals surface area contributed by atoms with Crippen molar-refractivity contribution in [1.82, 2.24) is 10.2 Å². The zero-order valence-corrected chi connectivity index (χ0v) is 17.4. The second-order valence-electron chi connectivity index (χ2n) is 8.23. The number of hydrogen-bond acceptors (Lipinski definition) is 4. The number of carbonyl (C=O) groups excluding carboxylic acids is 2. The van der Waals surface area contributed by atoms with Crippen LogP contribution in [0.1, 0.15) is 36.8 Å². The molecule has 0 bridgehead atoms. The van der Waals surface area contributed by atoms with Crippen LogP contribution in [0.3, 0.4) is 0 Å². The van der Waals surface area contributed by atoms with Crippen LogP contribution < -0.4 is 5.32 Å². The lowest BCUT2D eigenvalue weighted by Crippen LogP contribution is -2.46. The summed E-state index contributed by atoms with van der Waals surface area (Å²) in [5, 5.41) is 11.5. The Morgan fingerprint density at radius 1 is 1.10 bits per heavy atom.